The predicted molar refractivity (Wildman–Crippen MR) is 117 cm³/mol. The van der Waals surface area contributed by atoms with Crippen LogP contribution in [-0.4, -0.2) is 47.3 Å². The third kappa shape index (κ3) is 5.18. The van der Waals surface area contributed by atoms with Gasteiger partial charge >= 0.3 is 0 Å². The largest absolute Gasteiger partial charge is 0.372 e. The van der Waals surface area contributed by atoms with Crippen molar-refractivity contribution in [3.05, 3.63) is 42.1 Å². The van der Waals surface area contributed by atoms with Crippen molar-refractivity contribution in [1.29, 1.82) is 0 Å². The first-order valence-electron chi connectivity index (χ1n) is 11.0. The molecule has 0 atom stereocenters. The van der Waals surface area contributed by atoms with Crippen molar-refractivity contribution in [1.82, 2.24) is 14.7 Å². The molecule has 1 aromatic carbocycles. The van der Waals surface area contributed by atoms with Crippen LogP contribution in [0.4, 0.5) is 11.5 Å². The molecular weight excluding hydrogens is 362 g/mol. The second-order valence-electron chi connectivity index (χ2n) is 8.53. The quantitative estimate of drug-likeness (QED) is 0.768. The summed E-state index contributed by atoms with van der Waals surface area (Å²) in [6, 6.07) is 11.1. The highest BCUT2D eigenvalue weighted by atomic mass is 16.2. The number of anilines is 2. The minimum absolute atomic E-state index is 0.0113. The van der Waals surface area contributed by atoms with Crippen LogP contribution in [0, 0.1) is 0 Å². The molecule has 1 saturated carbocycles. The number of carbonyl (C=O) groups is 1. The summed E-state index contributed by atoms with van der Waals surface area (Å²) in [4.78, 5) is 17.1. The Kier molecular flexibility index (Phi) is 6.49. The summed E-state index contributed by atoms with van der Waals surface area (Å²) < 4.78 is 1.99. The van der Waals surface area contributed by atoms with Gasteiger partial charge in [0, 0.05) is 31.4 Å². The molecule has 0 bridgehead atoms. The summed E-state index contributed by atoms with van der Waals surface area (Å²) in [5.41, 5.74) is 2.55. The van der Waals surface area contributed by atoms with E-state index in [0.29, 0.717) is 12.6 Å². The molecule has 1 aliphatic carbocycles. The van der Waals surface area contributed by atoms with Crippen LogP contribution in [0.5, 0.6) is 0 Å². The first-order chi connectivity index (χ1) is 14.2. The van der Waals surface area contributed by atoms with E-state index in [9.17, 15) is 4.79 Å². The van der Waals surface area contributed by atoms with Gasteiger partial charge in [0.15, 0.2) is 0 Å². The molecule has 6 nitrogen and oxygen atoms in total. The van der Waals surface area contributed by atoms with E-state index in [0.717, 1.165) is 38.3 Å². The molecule has 1 aromatic heterocycles. The zero-order valence-corrected chi connectivity index (χ0v) is 17.5. The molecule has 156 valence electrons. The SMILES string of the molecule is CN(CC(=O)Nc1ccnn1C1CCCC1)Cc1ccc(N2CCCCC2)cc1. The number of nitrogens with zero attached hydrogens (tertiary/aromatic N) is 4. The summed E-state index contributed by atoms with van der Waals surface area (Å²) in [7, 11) is 1.99. The van der Waals surface area contributed by atoms with Gasteiger partial charge in [0.05, 0.1) is 18.8 Å². The highest BCUT2D eigenvalue weighted by molar-refractivity contribution is 5.91. The van der Waals surface area contributed by atoms with E-state index in [1.165, 1.54) is 43.4 Å². The van der Waals surface area contributed by atoms with Crippen molar-refractivity contribution in [3.63, 3.8) is 0 Å². The Balaban J connectivity index is 1.27. The van der Waals surface area contributed by atoms with Crippen LogP contribution in [0.25, 0.3) is 0 Å². The lowest BCUT2D eigenvalue weighted by Gasteiger charge is -2.29. The number of aromatic nitrogens is 2. The number of benzene rings is 1. The maximum absolute atomic E-state index is 12.5. The van der Waals surface area contributed by atoms with Crippen LogP contribution in [0.3, 0.4) is 0 Å². The van der Waals surface area contributed by atoms with E-state index < -0.39 is 0 Å². The number of hydrogen-bond acceptors (Lipinski definition) is 4. The van der Waals surface area contributed by atoms with Gasteiger partial charge in [-0.3, -0.25) is 9.69 Å². The smallest absolute Gasteiger partial charge is 0.239 e. The number of rotatable bonds is 7. The number of piperidine rings is 1. The molecule has 1 aliphatic heterocycles. The first kappa shape index (κ1) is 20.0. The lowest BCUT2D eigenvalue weighted by atomic mass is 10.1. The molecule has 2 fully saturated rings. The monoisotopic (exact) mass is 395 g/mol. The van der Waals surface area contributed by atoms with Gasteiger partial charge in [0.1, 0.15) is 5.82 Å². The zero-order chi connectivity index (χ0) is 20.1. The van der Waals surface area contributed by atoms with Crippen molar-refractivity contribution < 1.29 is 4.79 Å². The van der Waals surface area contributed by atoms with Gasteiger partial charge in [-0.25, -0.2) is 4.68 Å². The summed E-state index contributed by atoms with van der Waals surface area (Å²) in [5.74, 6) is 0.832. The van der Waals surface area contributed by atoms with Crippen LogP contribution in [0.15, 0.2) is 36.5 Å². The predicted octanol–water partition coefficient (Wildman–Crippen LogP) is 4.06. The molecule has 0 radical (unpaired) electrons. The summed E-state index contributed by atoms with van der Waals surface area (Å²) >= 11 is 0. The number of likely N-dealkylation sites (N-methyl/N-ethyl adjacent to an activating group) is 1. The standard InChI is InChI=1S/C23H33N5O/c1-26(17-19-9-11-20(12-10-19)27-15-5-2-6-16-27)18-23(29)25-22-13-14-24-28(22)21-7-3-4-8-21/h9-14,21H,2-8,15-18H2,1H3,(H,25,29). The van der Waals surface area contributed by atoms with E-state index in [4.69, 9.17) is 0 Å². The maximum atomic E-state index is 12.5. The molecule has 4 rings (SSSR count). The van der Waals surface area contributed by atoms with Gasteiger partial charge in [-0.1, -0.05) is 25.0 Å². The van der Waals surface area contributed by atoms with Crippen molar-refractivity contribution >= 4 is 17.4 Å². The minimum Gasteiger partial charge on any atom is -0.372 e. The van der Waals surface area contributed by atoms with Crippen molar-refractivity contribution in [2.45, 2.75) is 57.5 Å². The Hall–Kier alpha value is -2.34. The van der Waals surface area contributed by atoms with E-state index in [2.05, 4.69) is 44.5 Å². The van der Waals surface area contributed by atoms with Crippen LogP contribution in [0.1, 0.15) is 56.6 Å². The minimum atomic E-state index is 0.0113. The summed E-state index contributed by atoms with van der Waals surface area (Å²) in [6.07, 6.45) is 10.5. The fraction of sp³-hybridized carbons (Fsp3) is 0.565. The molecular formula is C23H33N5O. The van der Waals surface area contributed by atoms with E-state index in [1.54, 1.807) is 6.20 Å². The average Bonchev–Trinajstić information content (AvgIpc) is 3.40. The van der Waals surface area contributed by atoms with Gasteiger partial charge in [-0.05, 0) is 56.8 Å². The summed E-state index contributed by atoms with van der Waals surface area (Å²) in [5, 5.41) is 7.48. The Morgan fingerprint density at radius 2 is 1.79 bits per heavy atom. The van der Waals surface area contributed by atoms with E-state index >= 15 is 0 Å². The zero-order valence-electron chi connectivity index (χ0n) is 17.5. The Morgan fingerprint density at radius 1 is 1.07 bits per heavy atom. The number of carbonyl (C=O) groups excluding carboxylic acids is 1. The molecule has 1 N–H and O–H groups in total. The summed E-state index contributed by atoms with van der Waals surface area (Å²) in [6.45, 7) is 3.45. The van der Waals surface area contributed by atoms with Gasteiger partial charge < -0.3 is 10.2 Å². The van der Waals surface area contributed by atoms with E-state index in [-0.39, 0.29) is 5.91 Å². The van der Waals surface area contributed by atoms with Crippen molar-refractivity contribution in [3.8, 4) is 0 Å². The van der Waals surface area contributed by atoms with Gasteiger partial charge in [-0.2, -0.15) is 5.10 Å². The highest BCUT2D eigenvalue weighted by Crippen LogP contribution is 2.31. The molecule has 2 heterocycles. The van der Waals surface area contributed by atoms with Crippen LogP contribution in [-0.2, 0) is 11.3 Å². The second kappa shape index (κ2) is 9.44. The number of nitrogens with one attached hydrogen (secondary N) is 1. The Morgan fingerprint density at radius 3 is 2.52 bits per heavy atom. The Labute approximate surface area is 173 Å². The number of amides is 1. The molecule has 2 aromatic rings. The lowest BCUT2D eigenvalue weighted by molar-refractivity contribution is -0.117. The maximum Gasteiger partial charge on any atom is 0.239 e. The molecule has 0 unspecified atom stereocenters. The average molecular weight is 396 g/mol. The van der Waals surface area contributed by atoms with Gasteiger partial charge in [0.2, 0.25) is 5.91 Å². The van der Waals surface area contributed by atoms with Crippen LogP contribution >= 0.6 is 0 Å². The van der Waals surface area contributed by atoms with Crippen LogP contribution in [0.2, 0.25) is 0 Å². The third-order valence-electron chi connectivity index (χ3n) is 6.13. The topological polar surface area (TPSA) is 53.4 Å². The first-order valence-corrected chi connectivity index (χ1v) is 11.0. The molecule has 0 spiro atoms. The molecule has 29 heavy (non-hydrogen) atoms. The third-order valence-corrected chi connectivity index (χ3v) is 6.13. The molecule has 6 heteroatoms. The fourth-order valence-corrected chi connectivity index (χ4v) is 4.61. The fourth-order valence-electron chi connectivity index (χ4n) is 4.61. The lowest BCUT2D eigenvalue weighted by Crippen LogP contribution is -2.31. The van der Waals surface area contributed by atoms with Gasteiger partial charge in [-0.15, -0.1) is 0 Å². The molecule has 1 saturated heterocycles. The Bertz CT molecular complexity index is 788. The normalized spacial score (nSPS) is 17.8. The molecule has 1 amide bonds. The number of hydrogen-bond donors (Lipinski definition) is 1. The molecule has 2 aliphatic rings. The highest BCUT2D eigenvalue weighted by Gasteiger charge is 2.20. The van der Waals surface area contributed by atoms with Gasteiger partial charge in [0.25, 0.3) is 0 Å². The van der Waals surface area contributed by atoms with E-state index in [1.807, 2.05) is 17.8 Å². The second-order valence-corrected chi connectivity index (χ2v) is 8.53. The van der Waals surface area contributed by atoms with Crippen molar-refractivity contribution in [2.24, 2.45) is 0 Å². The van der Waals surface area contributed by atoms with Crippen LogP contribution < -0.4 is 10.2 Å². The van der Waals surface area contributed by atoms with Crippen molar-refractivity contribution in [2.75, 3.05) is 36.9 Å².